The molecular formula is C11H9F4NO. The SMILES string of the molecule is O=C1N[C@H](c2ccccc2F)C(F)(F)CC1F. The lowest BCUT2D eigenvalue weighted by atomic mass is 9.92. The van der Waals surface area contributed by atoms with Crippen LogP contribution in [0.25, 0.3) is 0 Å². The standard InChI is InChI=1S/C11H9F4NO/c12-7-4-2-1-3-6(7)9-11(14,15)5-8(13)10(17)16-9/h1-4,8-9H,5H2,(H,16,17)/t8?,9-/m1/s1. The minimum atomic E-state index is -3.50. The fourth-order valence-corrected chi connectivity index (χ4v) is 1.80. The summed E-state index contributed by atoms with van der Waals surface area (Å²) in [6, 6.07) is 3.07. The molecule has 0 spiro atoms. The minimum Gasteiger partial charge on any atom is -0.341 e. The van der Waals surface area contributed by atoms with Crippen molar-refractivity contribution in [3.8, 4) is 0 Å². The van der Waals surface area contributed by atoms with Crippen LogP contribution in [0.5, 0.6) is 0 Å². The molecule has 0 aromatic heterocycles. The van der Waals surface area contributed by atoms with Gasteiger partial charge in [0.2, 0.25) is 0 Å². The van der Waals surface area contributed by atoms with Crippen LogP contribution in [-0.2, 0) is 4.79 Å². The number of alkyl halides is 3. The molecule has 1 aliphatic heterocycles. The van der Waals surface area contributed by atoms with Crippen LogP contribution in [0.4, 0.5) is 17.6 Å². The van der Waals surface area contributed by atoms with Gasteiger partial charge in [-0.3, -0.25) is 4.79 Å². The Morgan fingerprint density at radius 1 is 1.29 bits per heavy atom. The van der Waals surface area contributed by atoms with Crippen LogP contribution in [0.15, 0.2) is 24.3 Å². The highest BCUT2D eigenvalue weighted by Gasteiger charge is 2.50. The highest BCUT2D eigenvalue weighted by molar-refractivity contribution is 5.82. The van der Waals surface area contributed by atoms with Crippen LogP contribution >= 0.6 is 0 Å². The van der Waals surface area contributed by atoms with Gasteiger partial charge in [0.15, 0.2) is 6.17 Å². The quantitative estimate of drug-likeness (QED) is 0.758. The van der Waals surface area contributed by atoms with Crippen molar-refractivity contribution in [1.29, 1.82) is 0 Å². The van der Waals surface area contributed by atoms with Crippen LogP contribution in [-0.4, -0.2) is 18.0 Å². The number of benzene rings is 1. The van der Waals surface area contributed by atoms with E-state index in [1.807, 2.05) is 5.32 Å². The summed E-state index contributed by atoms with van der Waals surface area (Å²) >= 11 is 0. The van der Waals surface area contributed by atoms with Gasteiger partial charge in [0.25, 0.3) is 11.8 Å². The summed E-state index contributed by atoms with van der Waals surface area (Å²) in [4.78, 5) is 11.0. The smallest absolute Gasteiger partial charge is 0.275 e. The van der Waals surface area contributed by atoms with Crippen molar-refractivity contribution in [3.05, 3.63) is 35.6 Å². The molecule has 0 saturated carbocycles. The molecule has 0 aliphatic carbocycles. The van der Waals surface area contributed by atoms with E-state index in [2.05, 4.69) is 0 Å². The second-order valence-corrected chi connectivity index (χ2v) is 3.90. The van der Waals surface area contributed by atoms with E-state index >= 15 is 0 Å². The number of piperidine rings is 1. The Bertz CT molecular complexity index is 449. The number of carbonyl (C=O) groups is 1. The molecule has 2 atom stereocenters. The van der Waals surface area contributed by atoms with Gasteiger partial charge in [-0.05, 0) is 6.07 Å². The molecule has 2 nitrogen and oxygen atoms in total. The van der Waals surface area contributed by atoms with Gasteiger partial charge in [-0.15, -0.1) is 0 Å². The molecule has 0 bridgehead atoms. The zero-order valence-corrected chi connectivity index (χ0v) is 8.59. The number of nitrogens with one attached hydrogen (secondary N) is 1. The molecule has 1 aromatic rings. The summed E-state index contributed by atoms with van der Waals surface area (Å²) in [6.45, 7) is 0. The van der Waals surface area contributed by atoms with Gasteiger partial charge < -0.3 is 5.32 Å². The second-order valence-electron chi connectivity index (χ2n) is 3.90. The molecule has 1 unspecified atom stereocenters. The molecule has 1 fully saturated rings. The first-order valence-electron chi connectivity index (χ1n) is 4.98. The largest absolute Gasteiger partial charge is 0.341 e. The highest BCUT2D eigenvalue weighted by Crippen LogP contribution is 2.39. The van der Waals surface area contributed by atoms with Gasteiger partial charge in [0.05, 0.1) is 6.42 Å². The van der Waals surface area contributed by atoms with E-state index in [1.54, 1.807) is 0 Å². The molecule has 1 aliphatic rings. The molecule has 1 amide bonds. The van der Waals surface area contributed by atoms with E-state index in [0.717, 1.165) is 12.1 Å². The Balaban J connectivity index is 2.38. The van der Waals surface area contributed by atoms with E-state index < -0.39 is 36.3 Å². The van der Waals surface area contributed by atoms with Crippen LogP contribution < -0.4 is 5.32 Å². The molecule has 2 rings (SSSR count). The van der Waals surface area contributed by atoms with Crippen molar-refractivity contribution in [1.82, 2.24) is 5.32 Å². The third kappa shape index (κ3) is 2.11. The van der Waals surface area contributed by atoms with Gasteiger partial charge in [-0.1, -0.05) is 18.2 Å². The van der Waals surface area contributed by atoms with Gasteiger partial charge in [0.1, 0.15) is 11.9 Å². The number of rotatable bonds is 1. The predicted octanol–water partition coefficient (Wildman–Crippen LogP) is 2.36. The Labute approximate surface area is 94.6 Å². The number of halogens is 4. The molecule has 1 N–H and O–H groups in total. The average molecular weight is 247 g/mol. The van der Waals surface area contributed by atoms with E-state index in [9.17, 15) is 22.4 Å². The fourth-order valence-electron chi connectivity index (χ4n) is 1.80. The average Bonchev–Trinajstić information content (AvgIpc) is 2.24. The van der Waals surface area contributed by atoms with Crippen molar-refractivity contribution in [2.45, 2.75) is 24.6 Å². The molecule has 6 heteroatoms. The van der Waals surface area contributed by atoms with Crippen LogP contribution in [0, 0.1) is 5.82 Å². The lowest BCUT2D eigenvalue weighted by Gasteiger charge is -2.33. The summed E-state index contributed by atoms with van der Waals surface area (Å²) in [5.74, 6) is -5.49. The van der Waals surface area contributed by atoms with E-state index in [4.69, 9.17) is 0 Å². The molecule has 1 saturated heterocycles. The lowest BCUT2D eigenvalue weighted by Crippen LogP contribution is -2.51. The van der Waals surface area contributed by atoms with Crippen molar-refractivity contribution in [2.24, 2.45) is 0 Å². The Kier molecular flexibility index (Phi) is 2.81. The zero-order valence-electron chi connectivity index (χ0n) is 8.59. The van der Waals surface area contributed by atoms with Crippen molar-refractivity contribution in [2.75, 3.05) is 0 Å². The minimum absolute atomic E-state index is 0.335. The Morgan fingerprint density at radius 3 is 2.59 bits per heavy atom. The molecule has 1 heterocycles. The predicted molar refractivity (Wildman–Crippen MR) is 51.7 cm³/mol. The Hall–Kier alpha value is -1.59. The summed E-state index contributed by atoms with van der Waals surface area (Å²) < 4.78 is 53.3. The Morgan fingerprint density at radius 2 is 1.94 bits per heavy atom. The first kappa shape index (κ1) is 11.9. The number of carbonyl (C=O) groups excluding carboxylic acids is 1. The first-order valence-corrected chi connectivity index (χ1v) is 4.98. The number of amides is 1. The molecular weight excluding hydrogens is 238 g/mol. The van der Waals surface area contributed by atoms with Gasteiger partial charge in [-0.2, -0.15) is 0 Å². The second kappa shape index (κ2) is 4.01. The van der Waals surface area contributed by atoms with Crippen LogP contribution in [0.1, 0.15) is 18.0 Å². The van der Waals surface area contributed by atoms with E-state index in [1.165, 1.54) is 12.1 Å². The summed E-state index contributed by atoms with van der Waals surface area (Å²) in [5.41, 5.74) is -0.335. The maximum atomic E-state index is 13.5. The molecule has 17 heavy (non-hydrogen) atoms. The van der Waals surface area contributed by atoms with Crippen LogP contribution in [0.2, 0.25) is 0 Å². The third-order valence-electron chi connectivity index (χ3n) is 2.66. The maximum Gasteiger partial charge on any atom is 0.275 e. The van der Waals surface area contributed by atoms with Crippen molar-refractivity contribution in [3.63, 3.8) is 0 Å². The zero-order chi connectivity index (χ0) is 12.6. The van der Waals surface area contributed by atoms with Crippen molar-refractivity contribution < 1.29 is 22.4 Å². The molecule has 1 aromatic carbocycles. The first-order chi connectivity index (χ1) is 7.92. The topological polar surface area (TPSA) is 29.1 Å². The maximum absolute atomic E-state index is 13.5. The summed E-state index contributed by atoms with van der Waals surface area (Å²) in [6.07, 6.45) is -3.48. The molecule has 92 valence electrons. The van der Waals surface area contributed by atoms with E-state index in [-0.39, 0.29) is 5.56 Å². The summed E-state index contributed by atoms with van der Waals surface area (Å²) in [5, 5.41) is 1.81. The number of hydrogen-bond donors (Lipinski definition) is 1. The fraction of sp³-hybridized carbons (Fsp3) is 0.364. The van der Waals surface area contributed by atoms with Gasteiger partial charge in [-0.25, -0.2) is 17.6 Å². The van der Waals surface area contributed by atoms with E-state index in [0.29, 0.717) is 0 Å². The number of hydrogen-bond acceptors (Lipinski definition) is 1. The van der Waals surface area contributed by atoms with Gasteiger partial charge >= 0.3 is 0 Å². The monoisotopic (exact) mass is 247 g/mol. The third-order valence-corrected chi connectivity index (χ3v) is 2.66. The van der Waals surface area contributed by atoms with Gasteiger partial charge in [0, 0.05) is 5.56 Å². The van der Waals surface area contributed by atoms with Crippen molar-refractivity contribution >= 4 is 5.91 Å². The van der Waals surface area contributed by atoms with Crippen LogP contribution in [0.3, 0.4) is 0 Å². The molecule has 0 radical (unpaired) electrons. The summed E-state index contributed by atoms with van der Waals surface area (Å²) in [7, 11) is 0. The lowest BCUT2D eigenvalue weighted by molar-refractivity contribution is -0.146. The highest BCUT2D eigenvalue weighted by atomic mass is 19.3. The normalized spacial score (nSPS) is 27.6.